The number of hydrogen-bond donors (Lipinski definition) is 1. The summed E-state index contributed by atoms with van der Waals surface area (Å²) >= 11 is 15.7. The first-order valence-corrected chi connectivity index (χ1v) is 7.01. The van der Waals surface area contributed by atoms with Crippen molar-refractivity contribution in [2.24, 2.45) is 5.73 Å². The van der Waals surface area contributed by atoms with Crippen LogP contribution in [-0.4, -0.2) is 0 Å². The van der Waals surface area contributed by atoms with Crippen LogP contribution < -0.4 is 5.73 Å². The second kappa shape index (κ2) is 5.62. The lowest BCUT2D eigenvalue weighted by atomic mass is 9.98. The summed E-state index contributed by atoms with van der Waals surface area (Å²) in [6.07, 6.45) is 0. The Morgan fingerprint density at radius 2 is 1.89 bits per heavy atom. The van der Waals surface area contributed by atoms with Gasteiger partial charge in [0.25, 0.3) is 0 Å². The molecule has 0 aliphatic heterocycles. The van der Waals surface area contributed by atoms with Gasteiger partial charge in [0, 0.05) is 4.47 Å². The molecular formula is C14H12BrCl2N. The predicted molar refractivity (Wildman–Crippen MR) is 81.4 cm³/mol. The minimum Gasteiger partial charge on any atom is -0.320 e. The molecule has 0 spiro atoms. The lowest BCUT2D eigenvalue weighted by Crippen LogP contribution is -2.12. The average molecular weight is 345 g/mol. The van der Waals surface area contributed by atoms with Crippen LogP contribution in [-0.2, 0) is 0 Å². The van der Waals surface area contributed by atoms with E-state index in [1.807, 2.05) is 37.3 Å². The van der Waals surface area contributed by atoms with Gasteiger partial charge in [0.2, 0.25) is 0 Å². The Morgan fingerprint density at radius 1 is 1.17 bits per heavy atom. The summed E-state index contributed by atoms with van der Waals surface area (Å²) in [6, 6.07) is 11.3. The molecule has 0 aliphatic rings. The van der Waals surface area contributed by atoms with Gasteiger partial charge in [0.1, 0.15) is 0 Å². The monoisotopic (exact) mass is 343 g/mol. The van der Waals surface area contributed by atoms with Gasteiger partial charge in [-0.15, -0.1) is 0 Å². The van der Waals surface area contributed by atoms with Crippen LogP contribution in [0.25, 0.3) is 0 Å². The van der Waals surface area contributed by atoms with Gasteiger partial charge in [0.05, 0.1) is 16.1 Å². The Balaban J connectivity index is 2.44. The molecule has 0 saturated heterocycles. The molecule has 1 unspecified atom stereocenters. The van der Waals surface area contributed by atoms with Gasteiger partial charge >= 0.3 is 0 Å². The summed E-state index contributed by atoms with van der Waals surface area (Å²) in [5, 5.41) is 1.05. The van der Waals surface area contributed by atoms with E-state index in [0.717, 1.165) is 21.2 Å². The van der Waals surface area contributed by atoms with Crippen molar-refractivity contribution in [3.63, 3.8) is 0 Å². The lowest BCUT2D eigenvalue weighted by Gasteiger charge is -2.16. The zero-order valence-electron chi connectivity index (χ0n) is 9.75. The normalized spacial score (nSPS) is 12.5. The highest BCUT2D eigenvalue weighted by Crippen LogP contribution is 2.32. The molecule has 1 nitrogen and oxygen atoms in total. The van der Waals surface area contributed by atoms with Crippen molar-refractivity contribution >= 4 is 39.1 Å². The molecule has 1 atom stereocenters. The van der Waals surface area contributed by atoms with Gasteiger partial charge in [0.15, 0.2) is 0 Å². The molecule has 0 saturated carbocycles. The van der Waals surface area contributed by atoms with Crippen molar-refractivity contribution < 1.29 is 0 Å². The zero-order chi connectivity index (χ0) is 13.3. The molecule has 2 aromatic carbocycles. The highest BCUT2D eigenvalue weighted by molar-refractivity contribution is 9.10. The van der Waals surface area contributed by atoms with Crippen molar-refractivity contribution in [3.05, 3.63) is 67.6 Å². The van der Waals surface area contributed by atoms with Crippen LogP contribution in [0.2, 0.25) is 10.0 Å². The highest BCUT2D eigenvalue weighted by atomic mass is 79.9. The van der Waals surface area contributed by atoms with E-state index in [-0.39, 0.29) is 6.04 Å². The van der Waals surface area contributed by atoms with E-state index < -0.39 is 0 Å². The van der Waals surface area contributed by atoms with Gasteiger partial charge < -0.3 is 5.73 Å². The first-order valence-electron chi connectivity index (χ1n) is 5.46. The third kappa shape index (κ3) is 2.72. The fourth-order valence-corrected chi connectivity index (χ4v) is 2.47. The lowest BCUT2D eigenvalue weighted by molar-refractivity contribution is 0.869. The Kier molecular flexibility index (Phi) is 4.33. The Bertz CT molecular complexity index is 584. The van der Waals surface area contributed by atoms with Gasteiger partial charge in [-0.25, -0.2) is 0 Å². The minimum absolute atomic E-state index is 0.275. The van der Waals surface area contributed by atoms with Gasteiger partial charge in [-0.1, -0.05) is 63.4 Å². The molecule has 0 aromatic heterocycles. The maximum Gasteiger partial charge on any atom is 0.0643 e. The summed E-state index contributed by atoms with van der Waals surface area (Å²) in [5.74, 6) is 0. The van der Waals surface area contributed by atoms with Crippen LogP contribution >= 0.6 is 39.1 Å². The standard InChI is InChI=1S/C14H12BrCl2N/c1-8-7-9(5-6-11(8)15)14(18)10-3-2-4-12(16)13(10)17/h2-7,14H,18H2,1H3. The maximum absolute atomic E-state index is 6.25. The molecule has 2 rings (SSSR count). The number of aryl methyl sites for hydroxylation is 1. The topological polar surface area (TPSA) is 26.0 Å². The molecule has 2 aromatic rings. The fraction of sp³-hybridized carbons (Fsp3) is 0.143. The summed E-state index contributed by atoms with van der Waals surface area (Å²) in [7, 11) is 0. The summed E-state index contributed by atoms with van der Waals surface area (Å²) in [6.45, 7) is 2.03. The predicted octanol–water partition coefficient (Wildman–Crippen LogP) is 5.11. The van der Waals surface area contributed by atoms with E-state index in [2.05, 4.69) is 15.9 Å². The van der Waals surface area contributed by atoms with E-state index in [1.165, 1.54) is 0 Å². The fourth-order valence-electron chi connectivity index (χ4n) is 1.80. The van der Waals surface area contributed by atoms with Gasteiger partial charge in [-0.2, -0.15) is 0 Å². The van der Waals surface area contributed by atoms with E-state index in [0.29, 0.717) is 10.0 Å². The maximum atomic E-state index is 6.25. The molecule has 0 radical (unpaired) electrons. The molecule has 0 bridgehead atoms. The molecule has 0 aliphatic carbocycles. The quantitative estimate of drug-likeness (QED) is 0.804. The van der Waals surface area contributed by atoms with E-state index in [4.69, 9.17) is 28.9 Å². The van der Waals surface area contributed by atoms with Crippen LogP contribution in [0.15, 0.2) is 40.9 Å². The van der Waals surface area contributed by atoms with E-state index >= 15 is 0 Å². The number of rotatable bonds is 2. The molecule has 94 valence electrons. The van der Waals surface area contributed by atoms with E-state index in [9.17, 15) is 0 Å². The van der Waals surface area contributed by atoms with Crippen LogP contribution in [0.5, 0.6) is 0 Å². The molecule has 18 heavy (non-hydrogen) atoms. The second-order valence-electron chi connectivity index (χ2n) is 4.13. The van der Waals surface area contributed by atoms with Crippen LogP contribution in [0.4, 0.5) is 0 Å². The van der Waals surface area contributed by atoms with Crippen LogP contribution in [0.1, 0.15) is 22.7 Å². The number of nitrogens with two attached hydrogens (primary N) is 1. The third-order valence-electron chi connectivity index (χ3n) is 2.86. The Morgan fingerprint density at radius 3 is 2.56 bits per heavy atom. The smallest absolute Gasteiger partial charge is 0.0643 e. The summed E-state index contributed by atoms with van der Waals surface area (Å²) < 4.78 is 1.07. The Hall–Kier alpha value is -0.540. The van der Waals surface area contributed by atoms with E-state index in [1.54, 1.807) is 6.07 Å². The molecule has 0 heterocycles. The molecule has 0 fully saturated rings. The largest absolute Gasteiger partial charge is 0.320 e. The zero-order valence-corrected chi connectivity index (χ0v) is 12.9. The van der Waals surface area contributed by atoms with Crippen molar-refractivity contribution in [2.45, 2.75) is 13.0 Å². The van der Waals surface area contributed by atoms with Crippen molar-refractivity contribution in [3.8, 4) is 0 Å². The first kappa shape index (κ1) is 13.9. The SMILES string of the molecule is Cc1cc(C(N)c2cccc(Cl)c2Cl)ccc1Br. The summed E-state index contributed by atoms with van der Waals surface area (Å²) in [5.41, 5.74) is 9.24. The van der Waals surface area contributed by atoms with Crippen LogP contribution in [0.3, 0.4) is 0 Å². The molecule has 2 N–H and O–H groups in total. The minimum atomic E-state index is -0.275. The highest BCUT2D eigenvalue weighted by Gasteiger charge is 2.14. The van der Waals surface area contributed by atoms with Crippen molar-refractivity contribution in [2.75, 3.05) is 0 Å². The molecular weight excluding hydrogens is 333 g/mol. The van der Waals surface area contributed by atoms with Crippen molar-refractivity contribution in [1.29, 1.82) is 0 Å². The Labute approximate surface area is 125 Å². The average Bonchev–Trinajstić information content (AvgIpc) is 2.35. The first-order chi connectivity index (χ1) is 8.50. The van der Waals surface area contributed by atoms with Gasteiger partial charge in [-0.3, -0.25) is 0 Å². The third-order valence-corrected chi connectivity index (χ3v) is 4.58. The number of hydrogen-bond acceptors (Lipinski definition) is 1. The summed E-state index contributed by atoms with van der Waals surface area (Å²) in [4.78, 5) is 0. The molecule has 4 heteroatoms. The number of benzene rings is 2. The van der Waals surface area contributed by atoms with Crippen LogP contribution in [0, 0.1) is 6.92 Å². The van der Waals surface area contributed by atoms with Crippen molar-refractivity contribution in [1.82, 2.24) is 0 Å². The molecule has 0 amide bonds. The number of halogens is 3. The second-order valence-corrected chi connectivity index (χ2v) is 5.77. The van der Waals surface area contributed by atoms with Gasteiger partial charge in [-0.05, 0) is 35.7 Å².